The topological polar surface area (TPSA) is 80.7 Å². The zero-order valence-electron chi connectivity index (χ0n) is 11.3. The predicted octanol–water partition coefficient (Wildman–Crippen LogP) is 2.04. The first-order valence-electron chi connectivity index (χ1n) is 6.29. The lowest BCUT2D eigenvalue weighted by atomic mass is 9.92. The maximum atomic E-state index is 11.7. The first kappa shape index (κ1) is 16.6. The summed E-state index contributed by atoms with van der Waals surface area (Å²) in [5, 5.41) is 8.75. The molecular weight excluding hydrogens is 236 g/mol. The Morgan fingerprint density at radius 1 is 1.11 bits per heavy atom. The van der Waals surface area contributed by atoms with E-state index in [0.717, 1.165) is 0 Å². The molecule has 0 bridgehead atoms. The van der Waals surface area contributed by atoms with E-state index >= 15 is 0 Å². The van der Waals surface area contributed by atoms with Crippen LogP contribution in [0.2, 0.25) is 0 Å². The molecule has 0 fully saturated rings. The van der Waals surface area contributed by atoms with E-state index < -0.39 is 11.9 Å². The smallest absolute Gasteiger partial charge is 0.306 e. The quantitative estimate of drug-likeness (QED) is 0.640. The lowest BCUT2D eigenvalue weighted by molar-refractivity contribution is -0.143. The number of esters is 1. The molecule has 0 aromatic rings. The third kappa shape index (κ3) is 7.04. The van der Waals surface area contributed by atoms with Crippen LogP contribution in [0.4, 0.5) is 0 Å². The lowest BCUT2D eigenvalue weighted by Gasteiger charge is -2.12. The van der Waals surface area contributed by atoms with Crippen LogP contribution in [0, 0.1) is 11.8 Å². The highest BCUT2D eigenvalue weighted by atomic mass is 16.5. The summed E-state index contributed by atoms with van der Waals surface area (Å²) >= 11 is 0. The first-order chi connectivity index (χ1) is 8.38. The van der Waals surface area contributed by atoms with Gasteiger partial charge in [-0.2, -0.15) is 0 Å². The highest BCUT2D eigenvalue weighted by Crippen LogP contribution is 2.15. The summed E-state index contributed by atoms with van der Waals surface area (Å²) in [7, 11) is 0. The second-order valence-electron chi connectivity index (χ2n) is 4.50. The van der Waals surface area contributed by atoms with Gasteiger partial charge in [-0.25, -0.2) is 0 Å². The summed E-state index contributed by atoms with van der Waals surface area (Å²) in [5.41, 5.74) is 0. The standard InChI is InChI=1S/C13H22O5/c1-4-18-12(15)7-5-6-11(14)9(2)8-10(3)13(16)17/h9-10H,4-8H2,1-3H3,(H,16,17)/t9-,10+/m1/s1. The number of hydrogen-bond donors (Lipinski definition) is 1. The molecule has 1 N–H and O–H groups in total. The summed E-state index contributed by atoms with van der Waals surface area (Å²) in [4.78, 5) is 33.4. The number of Topliss-reactive ketones (excluding diaryl/α,β-unsaturated/α-hetero) is 1. The third-order valence-corrected chi connectivity index (χ3v) is 2.79. The molecule has 0 spiro atoms. The summed E-state index contributed by atoms with van der Waals surface area (Å²) in [6, 6.07) is 0. The number of carbonyl (C=O) groups excluding carboxylic acids is 2. The van der Waals surface area contributed by atoms with Gasteiger partial charge in [-0.05, 0) is 19.8 Å². The SMILES string of the molecule is CCOC(=O)CCCC(=O)[C@H](C)C[C@H](C)C(=O)O. The molecule has 5 heteroatoms. The van der Waals surface area contributed by atoms with Crippen molar-refractivity contribution in [3.05, 3.63) is 0 Å². The van der Waals surface area contributed by atoms with Crippen LogP contribution in [0.15, 0.2) is 0 Å². The average molecular weight is 258 g/mol. The number of ether oxygens (including phenoxy) is 1. The minimum absolute atomic E-state index is 0.00685. The molecule has 0 aliphatic carbocycles. The summed E-state index contributed by atoms with van der Waals surface area (Å²) < 4.78 is 4.75. The third-order valence-electron chi connectivity index (χ3n) is 2.79. The fourth-order valence-corrected chi connectivity index (χ4v) is 1.65. The maximum absolute atomic E-state index is 11.7. The molecule has 0 amide bonds. The molecule has 0 saturated heterocycles. The van der Waals surface area contributed by atoms with E-state index in [2.05, 4.69) is 0 Å². The van der Waals surface area contributed by atoms with Gasteiger partial charge in [-0.1, -0.05) is 13.8 Å². The van der Waals surface area contributed by atoms with Crippen molar-refractivity contribution in [1.29, 1.82) is 0 Å². The predicted molar refractivity (Wildman–Crippen MR) is 66.1 cm³/mol. The zero-order valence-corrected chi connectivity index (χ0v) is 11.3. The van der Waals surface area contributed by atoms with Crippen molar-refractivity contribution in [2.75, 3.05) is 6.61 Å². The fraction of sp³-hybridized carbons (Fsp3) is 0.769. The van der Waals surface area contributed by atoms with E-state index in [-0.39, 0.29) is 24.1 Å². The molecule has 2 atom stereocenters. The second kappa shape index (κ2) is 8.66. The van der Waals surface area contributed by atoms with Gasteiger partial charge in [0.2, 0.25) is 0 Å². The molecule has 0 aliphatic rings. The monoisotopic (exact) mass is 258 g/mol. The Hall–Kier alpha value is -1.39. The van der Waals surface area contributed by atoms with Crippen LogP contribution in [0.1, 0.15) is 46.5 Å². The molecule has 0 saturated carbocycles. The van der Waals surface area contributed by atoms with Crippen molar-refractivity contribution in [3.63, 3.8) is 0 Å². The minimum atomic E-state index is -0.888. The van der Waals surface area contributed by atoms with Gasteiger partial charge in [0.1, 0.15) is 5.78 Å². The number of carboxylic acids is 1. The summed E-state index contributed by atoms with van der Waals surface area (Å²) in [6.45, 7) is 5.40. The number of hydrogen-bond acceptors (Lipinski definition) is 4. The minimum Gasteiger partial charge on any atom is -0.481 e. The molecule has 0 unspecified atom stereocenters. The highest BCUT2D eigenvalue weighted by molar-refractivity contribution is 5.82. The van der Waals surface area contributed by atoms with E-state index in [9.17, 15) is 14.4 Å². The van der Waals surface area contributed by atoms with Gasteiger partial charge in [-0.15, -0.1) is 0 Å². The van der Waals surface area contributed by atoms with Crippen LogP contribution in [0.25, 0.3) is 0 Å². The Morgan fingerprint density at radius 2 is 1.72 bits per heavy atom. The Bertz CT molecular complexity index is 298. The second-order valence-corrected chi connectivity index (χ2v) is 4.50. The molecule has 0 aromatic carbocycles. The fourth-order valence-electron chi connectivity index (χ4n) is 1.65. The van der Waals surface area contributed by atoms with Crippen molar-refractivity contribution in [2.24, 2.45) is 11.8 Å². The molecule has 0 heterocycles. The van der Waals surface area contributed by atoms with E-state index in [0.29, 0.717) is 25.9 Å². The van der Waals surface area contributed by atoms with Crippen LogP contribution in [-0.2, 0) is 19.1 Å². The normalized spacial score (nSPS) is 13.7. The number of ketones is 1. The Kier molecular flexibility index (Phi) is 8.00. The highest BCUT2D eigenvalue weighted by Gasteiger charge is 2.20. The Labute approximate surface area is 108 Å². The van der Waals surface area contributed by atoms with Crippen LogP contribution < -0.4 is 0 Å². The van der Waals surface area contributed by atoms with Crippen molar-refractivity contribution >= 4 is 17.7 Å². The van der Waals surface area contributed by atoms with Gasteiger partial charge in [0, 0.05) is 18.8 Å². The Morgan fingerprint density at radius 3 is 2.22 bits per heavy atom. The van der Waals surface area contributed by atoms with E-state index in [4.69, 9.17) is 9.84 Å². The average Bonchev–Trinajstić information content (AvgIpc) is 2.28. The van der Waals surface area contributed by atoms with E-state index in [1.54, 1.807) is 20.8 Å². The first-order valence-corrected chi connectivity index (χ1v) is 6.29. The van der Waals surface area contributed by atoms with Crippen molar-refractivity contribution in [1.82, 2.24) is 0 Å². The zero-order chi connectivity index (χ0) is 14.1. The molecule has 0 rings (SSSR count). The van der Waals surface area contributed by atoms with Crippen LogP contribution in [0.3, 0.4) is 0 Å². The Balaban J connectivity index is 3.88. The van der Waals surface area contributed by atoms with Gasteiger partial charge in [-0.3, -0.25) is 14.4 Å². The molecule has 104 valence electrons. The number of carboxylic acid groups (broad SMARTS) is 1. The molecule has 18 heavy (non-hydrogen) atoms. The molecule has 5 nitrogen and oxygen atoms in total. The number of rotatable bonds is 9. The van der Waals surface area contributed by atoms with E-state index in [1.165, 1.54) is 0 Å². The van der Waals surface area contributed by atoms with Crippen molar-refractivity contribution in [2.45, 2.75) is 46.5 Å². The van der Waals surface area contributed by atoms with Gasteiger partial charge < -0.3 is 9.84 Å². The van der Waals surface area contributed by atoms with Crippen molar-refractivity contribution < 1.29 is 24.2 Å². The largest absolute Gasteiger partial charge is 0.481 e. The number of aliphatic carboxylic acids is 1. The number of carbonyl (C=O) groups is 3. The van der Waals surface area contributed by atoms with Crippen LogP contribution in [0.5, 0.6) is 0 Å². The lowest BCUT2D eigenvalue weighted by Crippen LogP contribution is -2.19. The molecule has 0 radical (unpaired) electrons. The van der Waals surface area contributed by atoms with Crippen LogP contribution in [-0.4, -0.2) is 29.4 Å². The van der Waals surface area contributed by atoms with E-state index in [1.807, 2.05) is 0 Å². The van der Waals surface area contributed by atoms with Gasteiger partial charge in [0.25, 0.3) is 0 Å². The summed E-state index contributed by atoms with van der Waals surface area (Å²) in [5.74, 6) is -1.97. The van der Waals surface area contributed by atoms with Gasteiger partial charge >= 0.3 is 11.9 Å². The van der Waals surface area contributed by atoms with Gasteiger partial charge in [0.05, 0.1) is 12.5 Å². The maximum Gasteiger partial charge on any atom is 0.306 e. The summed E-state index contributed by atoms with van der Waals surface area (Å²) in [6.07, 6.45) is 1.34. The van der Waals surface area contributed by atoms with Gasteiger partial charge in [0.15, 0.2) is 0 Å². The molecule has 0 aliphatic heterocycles. The van der Waals surface area contributed by atoms with Crippen LogP contribution >= 0.6 is 0 Å². The molecular formula is C13H22O5. The molecule has 0 aromatic heterocycles. The van der Waals surface area contributed by atoms with Crippen molar-refractivity contribution in [3.8, 4) is 0 Å².